The van der Waals surface area contributed by atoms with E-state index in [4.69, 9.17) is 19.3 Å². The third kappa shape index (κ3) is 5.96. The van der Waals surface area contributed by atoms with Gasteiger partial charge in [0.15, 0.2) is 0 Å². The summed E-state index contributed by atoms with van der Waals surface area (Å²) in [6, 6.07) is 11.6. The van der Waals surface area contributed by atoms with Crippen LogP contribution in [-0.2, 0) is 14.3 Å². The molecule has 8 nitrogen and oxygen atoms in total. The minimum absolute atomic E-state index is 0.104. The minimum atomic E-state index is -0.310. The van der Waals surface area contributed by atoms with Crippen molar-refractivity contribution in [3.05, 3.63) is 58.7 Å². The Morgan fingerprint density at radius 1 is 1.08 bits per heavy atom. The van der Waals surface area contributed by atoms with Crippen molar-refractivity contribution in [1.82, 2.24) is 9.91 Å². The SMILES string of the molecule is CCOC(=O)[C@@H]1CCCN(CC(=O)N2N=C(c3ccc(C)cc3C)C[C@H]2c2ccc(OC)cc2OC)C1. The molecule has 8 heteroatoms. The highest BCUT2D eigenvalue weighted by Gasteiger charge is 2.37. The number of rotatable bonds is 8. The molecule has 37 heavy (non-hydrogen) atoms. The number of piperidine rings is 1. The second kappa shape index (κ2) is 11.8. The first-order valence-electron chi connectivity index (χ1n) is 12.9. The highest BCUT2D eigenvalue weighted by Crippen LogP contribution is 2.39. The van der Waals surface area contributed by atoms with Crippen LogP contribution in [0.4, 0.5) is 0 Å². The summed E-state index contributed by atoms with van der Waals surface area (Å²) in [5, 5.41) is 6.47. The number of hydrogen-bond acceptors (Lipinski definition) is 7. The van der Waals surface area contributed by atoms with Crippen LogP contribution in [0.1, 0.15) is 54.5 Å². The predicted octanol–water partition coefficient (Wildman–Crippen LogP) is 4.27. The standard InChI is InChI=1S/C29H37N3O5/c1-6-37-29(34)21-8-7-13-31(17-21)18-28(33)32-26(24-12-10-22(35-4)15-27(24)36-5)16-25(30-32)23-11-9-19(2)14-20(23)3/h9-12,14-15,21,26H,6-8,13,16-18H2,1-5H3/t21-,26+/m1/s1. The summed E-state index contributed by atoms with van der Waals surface area (Å²) in [4.78, 5) is 28.1. The number of aryl methyl sites for hydroxylation is 2. The predicted molar refractivity (Wildman–Crippen MR) is 142 cm³/mol. The number of carbonyl (C=O) groups excluding carboxylic acids is 2. The van der Waals surface area contributed by atoms with Gasteiger partial charge in [0, 0.05) is 30.2 Å². The summed E-state index contributed by atoms with van der Waals surface area (Å²) >= 11 is 0. The van der Waals surface area contributed by atoms with E-state index < -0.39 is 0 Å². The summed E-state index contributed by atoms with van der Waals surface area (Å²) < 4.78 is 16.3. The van der Waals surface area contributed by atoms with Crippen molar-refractivity contribution >= 4 is 17.6 Å². The summed E-state index contributed by atoms with van der Waals surface area (Å²) in [5.41, 5.74) is 5.10. The van der Waals surface area contributed by atoms with E-state index in [0.29, 0.717) is 31.1 Å². The fraction of sp³-hybridized carbons (Fsp3) is 0.483. The van der Waals surface area contributed by atoms with Crippen molar-refractivity contribution in [3.63, 3.8) is 0 Å². The maximum absolute atomic E-state index is 13.7. The average molecular weight is 508 g/mol. The first-order valence-corrected chi connectivity index (χ1v) is 12.9. The Balaban J connectivity index is 1.62. The molecule has 0 saturated carbocycles. The second-order valence-corrected chi connectivity index (χ2v) is 9.76. The van der Waals surface area contributed by atoms with E-state index in [0.717, 1.165) is 41.8 Å². The normalized spacial score (nSPS) is 19.9. The molecule has 0 unspecified atom stereocenters. The fourth-order valence-corrected chi connectivity index (χ4v) is 5.29. The van der Waals surface area contributed by atoms with Crippen LogP contribution in [0, 0.1) is 19.8 Å². The molecule has 198 valence electrons. The molecule has 1 saturated heterocycles. The smallest absolute Gasteiger partial charge is 0.310 e. The zero-order valence-corrected chi connectivity index (χ0v) is 22.5. The number of nitrogens with zero attached hydrogens (tertiary/aromatic N) is 3. The molecule has 2 aliphatic heterocycles. The number of methoxy groups -OCH3 is 2. The summed E-state index contributed by atoms with van der Waals surface area (Å²) in [5.74, 6) is 0.848. The van der Waals surface area contributed by atoms with E-state index in [1.807, 2.05) is 30.0 Å². The van der Waals surface area contributed by atoms with Crippen LogP contribution in [-0.4, -0.2) is 68.0 Å². The van der Waals surface area contributed by atoms with Crippen molar-refractivity contribution in [2.24, 2.45) is 11.0 Å². The van der Waals surface area contributed by atoms with E-state index in [-0.39, 0.29) is 30.4 Å². The average Bonchev–Trinajstić information content (AvgIpc) is 3.33. The van der Waals surface area contributed by atoms with Crippen LogP contribution in [0.3, 0.4) is 0 Å². The van der Waals surface area contributed by atoms with Crippen LogP contribution in [0.5, 0.6) is 11.5 Å². The van der Waals surface area contributed by atoms with Gasteiger partial charge in [0.25, 0.3) is 5.91 Å². The van der Waals surface area contributed by atoms with Crippen molar-refractivity contribution in [3.8, 4) is 11.5 Å². The third-order valence-electron chi connectivity index (χ3n) is 7.14. The Morgan fingerprint density at radius 3 is 2.59 bits per heavy atom. The van der Waals surface area contributed by atoms with Gasteiger partial charge in [0.2, 0.25) is 0 Å². The van der Waals surface area contributed by atoms with Gasteiger partial charge in [0.1, 0.15) is 11.5 Å². The molecule has 2 aromatic rings. The molecule has 0 aromatic heterocycles. The Kier molecular flexibility index (Phi) is 8.48. The van der Waals surface area contributed by atoms with Crippen LogP contribution in [0.2, 0.25) is 0 Å². The van der Waals surface area contributed by atoms with Gasteiger partial charge in [-0.3, -0.25) is 14.5 Å². The topological polar surface area (TPSA) is 80.7 Å². The zero-order valence-electron chi connectivity index (χ0n) is 22.5. The van der Waals surface area contributed by atoms with E-state index in [2.05, 4.69) is 32.0 Å². The molecule has 0 N–H and O–H groups in total. The molecule has 0 bridgehead atoms. The van der Waals surface area contributed by atoms with E-state index in [1.54, 1.807) is 19.2 Å². The number of amides is 1. The molecule has 0 spiro atoms. The molecule has 2 atom stereocenters. The van der Waals surface area contributed by atoms with Crippen LogP contribution in [0.25, 0.3) is 0 Å². The molecule has 2 aliphatic rings. The Morgan fingerprint density at radius 2 is 1.89 bits per heavy atom. The molecule has 1 amide bonds. The van der Waals surface area contributed by atoms with Crippen molar-refractivity contribution < 1.29 is 23.8 Å². The van der Waals surface area contributed by atoms with E-state index in [9.17, 15) is 9.59 Å². The van der Waals surface area contributed by atoms with Crippen LogP contribution >= 0.6 is 0 Å². The molecule has 0 aliphatic carbocycles. The molecule has 4 rings (SSSR count). The lowest BCUT2D eigenvalue weighted by Crippen LogP contribution is -2.44. The number of hydrazone groups is 1. The number of hydrogen-bond donors (Lipinski definition) is 0. The monoisotopic (exact) mass is 507 g/mol. The van der Waals surface area contributed by atoms with Gasteiger partial charge in [0.05, 0.1) is 45.0 Å². The minimum Gasteiger partial charge on any atom is -0.497 e. The van der Waals surface area contributed by atoms with Gasteiger partial charge >= 0.3 is 5.97 Å². The van der Waals surface area contributed by atoms with Gasteiger partial charge in [-0.25, -0.2) is 5.01 Å². The maximum Gasteiger partial charge on any atom is 0.310 e. The van der Waals surface area contributed by atoms with Gasteiger partial charge in [-0.15, -0.1) is 0 Å². The summed E-state index contributed by atoms with van der Waals surface area (Å²) in [6.45, 7) is 7.78. The van der Waals surface area contributed by atoms with Crippen LogP contribution in [0.15, 0.2) is 41.5 Å². The van der Waals surface area contributed by atoms with Crippen LogP contribution < -0.4 is 9.47 Å². The van der Waals surface area contributed by atoms with Gasteiger partial charge in [-0.05, 0) is 57.9 Å². The molecular formula is C29H37N3O5. The molecule has 0 radical (unpaired) electrons. The van der Waals surface area contributed by atoms with Gasteiger partial charge in [-0.2, -0.15) is 5.10 Å². The van der Waals surface area contributed by atoms with Crippen molar-refractivity contribution in [1.29, 1.82) is 0 Å². The molecule has 2 heterocycles. The Bertz CT molecular complexity index is 1180. The third-order valence-corrected chi connectivity index (χ3v) is 7.14. The molecule has 2 aromatic carbocycles. The lowest BCUT2D eigenvalue weighted by atomic mass is 9.94. The molecule has 1 fully saturated rings. The van der Waals surface area contributed by atoms with Gasteiger partial charge in [-0.1, -0.05) is 23.8 Å². The van der Waals surface area contributed by atoms with E-state index >= 15 is 0 Å². The highest BCUT2D eigenvalue weighted by molar-refractivity contribution is 6.04. The number of carbonyl (C=O) groups is 2. The largest absolute Gasteiger partial charge is 0.497 e. The number of esters is 1. The van der Waals surface area contributed by atoms with Crippen molar-refractivity contribution in [2.45, 2.75) is 46.1 Å². The zero-order chi connectivity index (χ0) is 26.5. The lowest BCUT2D eigenvalue weighted by molar-refractivity contribution is -0.150. The number of benzene rings is 2. The number of ether oxygens (including phenoxy) is 3. The summed E-state index contributed by atoms with van der Waals surface area (Å²) in [6.07, 6.45) is 2.21. The first-order chi connectivity index (χ1) is 17.8. The fourth-order valence-electron chi connectivity index (χ4n) is 5.29. The number of likely N-dealkylation sites (tertiary alicyclic amines) is 1. The highest BCUT2D eigenvalue weighted by atomic mass is 16.5. The Labute approximate surface area is 219 Å². The Hall–Kier alpha value is -3.39. The van der Waals surface area contributed by atoms with Gasteiger partial charge < -0.3 is 14.2 Å². The maximum atomic E-state index is 13.7. The quantitative estimate of drug-likeness (QED) is 0.497. The lowest BCUT2D eigenvalue weighted by Gasteiger charge is -2.32. The molecular weight excluding hydrogens is 470 g/mol. The first kappa shape index (κ1) is 26.7. The van der Waals surface area contributed by atoms with Crippen molar-refractivity contribution in [2.75, 3.05) is 40.5 Å². The van der Waals surface area contributed by atoms with E-state index in [1.165, 1.54) is 5.56 Å². The summed E-state index contributed by atoms with van der Waals surface area (Å²) in [7, 11) is 3.23. The second-order valence-electron chi connectivity index (χ2n) is 9.76.